The van der Waals surface area contributed by atoms with Gasteiger partial charge in [0.1, 0.15) is 36.3 Å². The van der Waals surface area contributed by atoms with Crippen LogP contribution in [0, 0.1) is 5.92 Å². The standard InChI is InChI=1S/C30H47N7O10/c1-15(2)11-20(27(43)33-18(5)26(42)37-23(14-39)30(46)47)34-28(44)21(12-19-9-7-6-8-10-19)35-29(45)22(13-38)36-25(41)17(4)32-24(40)16(3)31/h6-10,15-18,20-23,38-39H,11-14,31H2,1-5H3,(H,32,40)(H,33,43)(H,34,44)(H,35,45)(H,36,41)(H,37,42)(H,46,47)/t16-,17-,18-,20-,21-,22-,23-/m0/s1. The predicted molar refractivity (Wildman–Crippen MR) is 168 cm³/mol. The molecule has 1 rings (SSSR count). The second kappa shape index (κ2) is 19.8. The number of hydrogen-bond acceptors (Lipinski definition) is 10. The molecule has 262 valence electrons. The lowest BCUT2D eigenvalue weighted by molar-refractivity contribution is -0.143. The monoisotopic (exact) mass is 665 g/mol. The van der Waals surface area contributed by atoms with E-state index in [4.69, 9.17) is 15.9 Å². The summed E-state index contributed by atoms with van der Waals surface area (Å²) in [6.45, 7) is 5.93. The van der Waals surface area contributed by atoms with Crippen molar-refractivity contribution in [1.29, 1.82) is 0 Å². The minimum Gasteiger partial charge on any atom is -0.480 e. The first-order valence-corrected chi connectivity index (χ1v) is 15.1. The SMILES string of the molecule is CC(C)C[C@H](NC(=O)[C@H](Cc1ccccc1)NC(=O)[C@H](CO)NC(=O)[C@H](C)NC(=O)[C@H](C)N)C(=O)N[C@@H](C)C(=O)N[C@@H](CO)C(=O)O. The quantitative estimate of drug-likeness (QED) is 0.0697. The third kappa shape index (κ3) is 14.1. The zero-order valence-electron chi connectivity index (χ0n) is 27.1. The number of hydrogen-bond donors (Lipinski definition) is 10. The minimum absolute atomic E-state index is 0.0437. The van der Waals surface area contributed by atoms with E-state index in [9.17, 15) is 38.7 Å². The van der Waals surface area contributed by atoms with E-state index in [-0.39, 0.29) is 18.8 Å². The van der Waals surface area contributed by atoms with Crippen LogP contribution in [0.4, 0.5) is 0 Å². The van der Waals surface area contributed by atoms with E-state index in [1.807, 2.05) is 0 Å². The van der Waals surface area contributed by atoms with E-state index < -0.39 is 96.9 Å². The molecule has 7 atom stereocenters. The average molecular weight is 666 g/mol. The van der Waals surface area contributed by atoms with Gasteiger partial charge in [0.05, 0.1) is 19.3 Å². The first-order chi connectivity index (χ1) is 22.0. The lowest BCUT2D eigenvalue weighted by Crippen LogP contribution is -2.60. The fraction of sp³-hybridized carbons (Fsp3) is 0.567. The number of benzene rings is 1. The Bertz CT molecular complexity index is 1240. The van der Waals surface area contributed by atoms with Crippen LogP contribution in [0.15, 0.2) is 30.3 Å². The maximum Gasteiger partial charge on any atom is 0.328 e. The molecule has 0 heterocycles. The van der Waals surface area contributed by atoms with Gasteiger partial charge in [-0.2, -0.15) is 0 Å². The average Bonchev–Trinajstić information content (AvgIpc) is 3.01. The summed E-state index contributed by atoms with van der Waals surface area (Å²) in [4.78, 5) is 88.0. The zero-order chi connectivity index (χ0) is 35.8. The van der Waals surface area contributed by atoms with Crippen LogP contribution in [0.3, 0.4) is 0 Å². The van der Waals surface area contributed by atoms with Gasteiger partial charge < -0.3 is 53.0 Å². The maximum absolute atomic E-state index is 13.6. The summed E-state index contributed by atoms with van der Waals surface area (Å²) < 4.78 is 0. The number of amides is 6. The van der Waals surface area contributed by atoms with Gasteiger partial charge in [0, 0.05) is 6.42 Å². The molecule has 0 aliphatic heterocycles. The highest BCUT2D eigenvalue weighted by Crippen LogP contribution is 2.09. The molecule has 0 aliphatic carbocycles. The Morgan fingerprint density at radius 2 is 1.02 bits per heavy atom. The van der Waals surface area contributed by atoms with E-state index in [1.165, 1.54) is 20.8 Å². The molecule has 1 aromatic rings. The smallest absolute Gasteiger partial charge is 0.328 e. The molecule has 0 saturated heterocycles. The van der Waals surface area contributed by atoms with Crippen molar-refractivity contribution >= 4 is 41.4 Å². The molecule has 1 aromatic carbocycles. The van der Waals surface area contributed by atoms with Gasteiger partial charge in [0.25, 0.3) is 0 Å². The van der Waals surface area contributed by atoms with Crippen LogP contribution in [0.25, 0.3) is 0 Å². The molecule has 47 heavy (non-hydrogen) atoms. The third-order valence-corrected chi connectivity index (χ3v) is 6.79. The van der Waals surface area contributed by atoms with Crippen LogP contribution >= 0.6 is 0 Å². The van der Waals surface area contributed by atoms with Crippen LogP contribution < -0.4 is 37.6 Å². The molecule has 0 aliphatic rings. The summed E-state index contributed by atoms with van der Waals surface area (Å²) in [5.74, 6) is -6.35. The van der Waals surface area contributed by atoms with E-state index in [1.54, 1.807) is 44.2 Å². The maximum atomic E-state index is 13.6. The van der Waals surface area contributed by atoms with Crippen molar-refractivity contribution in [1.82, 2.24) is 31.9 Å². The molecule has 0 unspecified atom stereocenters. The van der Waals surface area contributed by atoms with E-state index in [2.05, 4.69) is 31.9 Å². The van der Waals surface area contributed by atoms with Gasteiger partial charge in [-0.15, -0.1) is 0 Å². The first kappa shape index (κ1) is 40.4. The van der Waals surface area contributed by atoms with Gasteiger partial charge in [-0.25, -0.2) is 4.79 Å². The molecule has 0 fully saturated rings. The Kier molecular flexibility index (Phi) is 17.0. The Morgan fingerprint density at radius 3 is 1.49 bits per heavy atom. The number of rotatable bonds is 19. The molecule has 0 spiro atoms. The summed E-state index contributed by atoms with van der Waals surface area (Å²) in [7, 11) is 0. The summed E-state index contributed by atoms with van der Waals surface area (Å²) >= 11 is 0. The summed E-state index contributed by atoms with van der Waals surface area (Å²) in [5, 5.41) is 42.4. The summed E-state index contributed by atoms with van der Waals surface area (Å²) in [5.41, 5.74) is 6.13. The van der Waals surface area contributed by atoms with Gasteiger partial charge in [-0.1, -0.05) is 44.2 Å². The Hall–Kier alpha value is -4.61. The number of nitrogens with two attached hydrogens (primary N) is 1. The van der Waals surface area contributed by atoms with Gasteiger partial charge in [-0.3, -0.25) is 28.8 Å². The second-order valence-electron chi connectivity index (χ2n) is 11.5. The largest absolute Gasteiger partial charge is 0.480 e. The van der Waals surface area contributed by atoms with Crippen LogP contribution in [-0.2, 0) is 40.0 Å². The van der Waals surface area contributed by atoms with Gasteiger partial charge >= 0.3 is 5.97 Å². The number of carboxylic acid groups (broad SMARTS) is 1. The zero-order valence-corrected chi connectivity index (χ0v) is 27.1. The number of aliphatic hydroxyl groups is 2. The van der Waals surface area contributed by atoms with Gasteiger partial charge in [0.15, 0.2) is 0 Å². The highest BCUT2D eigenvalue weighted by atomic mass is 16.4. The lowest BCUT2D eigenvalue weighted by atomic mass is 10.0. The van der Waals surface area contributed by atoms with E-state index >= 15 is 0 Å². The molecule has 0 bridgehead atoms. The van der Waals surface area contributed by atoms with E-state index in [0.717, 1.165) is 0 Å². The number of carboxylic acids is 1. The number of carbonyl (C=O) groups is 7. The summed E-state index contributed by atoms with van der Waals surface area (Å²) in [6, 6.07) is -0.220. The topological polar surface area (TPSA) is 278 Å². The normalized spacial score (nSPS) is 15.4. The molecule has 0 radical (unpaired) electrons. The van der Waals surface area contributed by atoms with Crippen molar-refractivity contribution in [2.24, 2.45) is 11.7 Å². The van der Waals surface area contributed by atoms with Crippen LogP contribution in [0.5, 0.6) is 0 Å². The molecule has 17 nitrogen and oxygen atoms in total. The Balaban J connectivity index is 3.15. The van der Waals surface area contributed by atoms with E-state index in [0.29, 0.717) is 5.56 Å². The van der Waals surface area contributed by atoms with Crippen molar-refractivity contribution in [2.45, 2.75) is 89.8 Å². The Morgan fingerprint density at radius 1 is 0.596 bits per heavy atom. The van der Waals surface area contributed by atoms with Crippen molar-refractivity contribution in [3.8, 4) is 0 Å². The van der Waals surface area contributed by atoms with Gasteiger partial charge in [-0.05, 0) is 38.7 Å². The second-order valence-corrected chi connectivity index (χ2v) is 11.5. The van der Waals surface area contributed by atoms with Crippen molar-refractivity contribution in [2.75, 3.05) is 13.2 Å². The molecular formula is C30H47N7O10. The number of aliphatic carboxylic acids is 1. The predicted octanol–water partition coefficient (Wildman–Crippen LogP) is -3.36. The molecule has 0 saturated carbocycles. The molecular weight excluding hydrogens is 618 g/mol. The highest BCUT2D eigenvalue weighted by molar-refractivity contribution is 5.97. The van der Waals surface area contributed by atoms with Crippen molar-refractivity contribution < 1.29 is 48.9 Å². The molecule has 17 heteroatoms. The van der Waals surface area contributed by atoms with Crippen LogP contribution in [-0.4, -0.2) is 112 Å². The fourth-order valence-corrected chi connectivity index (χ4v) is 4.07. The number of nitrogens with one attached hydrogen (secondary N) is 6. The van der Waals surface area contributed by atoms with Crippen molar-refractivity contribution in [3.63, 3.8) is 0 Å². The lowest BCUT2D eigenvalue weighted by Gasteiger charge is -2.27. The summed E-state index contributed by atoms with van der Waals surface area (Å²) in [6.07, 6.45) is 0.0740. The minimum atomic E-state index is -1.58. The molecule has 0 aromatic heterocycles. The van der Waals surface area contributed by atoms with Crippen LogP contribution in [0.1, 0.15) is 46.6 Å². The molecule has 6 amide bonds. The number of carbonyl (C=O) groups excluding carboxylic acids is 6. The first-order valence-electron chi connectivity index (χ1n) is 15.1. The Labute approximate surface area is 272 Å². The van der Waals surface area contributed by atoms with Crippen molar-refractivity contribution in [3.05, 3.63) is 35.9 Å². The van der Waals surface area contributed by atoms with Crippen LogP contribution in [0.2, 0.25) is 0 Å². The number of aliphatic hydroxyl groups excluding tert-OH is 2. The fourth-order valence-electron chi connectivity index (χ4n) is 4.07. The van der Waals surface area contributed by atoms with Gasteiger partial charge in [0.2, 0.25) is 35.4 Å². The highest BCUT2D eigenvalue weighted by Gasteiger charge is 2.32. The third-order valence-electron chi connectivity index (χ3n) is 6.79. The molecule has 11 N–H and O–H groups in total.